The molecule has 0 atom stereocenters. The van der Waals surface area contributed by atoms with Gasteiger partial charge in [-0.1, -0.05) is 12.1 Å². The molecule has 2 rings (SSSR count). The first-order chi connectivity index (χ1) is 10.9. The lowest BCUT2D eigenvalue weighted by Gasteiger charge is -2.07. The standard InChI is InChI=1S/C15H12F2N2O3S/c1-23-10-4-2-9(3-5-10)8-18-15(20)11-6-12(16)13(17)7-14(11)19(21)22/h2-7H,8H2,1H3,(H,18,20). The highest BCUT2D eigenvalue weighted by Gasteiger charge is 2.23. The fraction of sp³-hybridized carbons (Fsp3) is 0.133. The van der Waals surface area contributed by atoms with E-state index in [1.165, 1.54) is 0 Å². The lowest BCUT2D eigenvalue weighted by Crippen LogP contribution is -2.24. The van der Waals surface area contributed by atoms with E-state index >= 15 is 0 Å². The second-order valence-corrected chi connectivity index (χ2v) is 5.45. The summed E-state index contributed by atoms with van der Waals surface area (Å²) >= 11 is 1.57. The smallest absolute Gasteiger partial charge is 0.285 e. The predicted molar refractivity (Wildman–Crippen MR) is 82.4 cm³/mol. The van der Waals surface area contributed by atoms with Crippen LogP contribution in [0.15, 0.2) is 41.3 Å². The molecule has 0 saturated carbocycles. The van der Waals surface area contributed by atoms with E-state index in [4.69, 9.17) is 0 Å². The van der Waals surface area contributed by atoms with Crippen LogP contribution in [0.3, 0.4) is 0 Å². The summed E-state index contributed by atoms with van der Waals surface area (Å²) in [4.78, 5) is 23.0. The molecule has 0 unspecified atom stereocenters. The summed E-state index contributed by atoms with van der Waals surface area (Å²) in [5.74, 6) is -3.53. The Labute approximate surface area is 134 Å². The predicted octanol–water partition coefficient (Wildman–Crippen LogP) is 3.52. The number of nitro benzene ring substituents is 1. The number of carbonyl (C=O) groups is 1. The van der Waals surface area contributed by atoms with Gasteiger partial charge in [0.2, 0.25) is 0 Å². The van der Waals surface area contributed by atoms with Crippen molar-refractivity contribution >= 4 is 23.4 Å². The van der Waals surface area contributed by atoms with Gasteiger partial charge in [-0.25, -0.2) is 8.78 Å². The van der Waals surface area contributed by atoms with E-state index in [1.807, 2.05) is 18.4 Å². The van der Waals surface area contributed by atoms with Crippen molar-refractivity contribution < 1.29 is 18.5 Å². The summed E-state index contributed by atoms with van der Waals surface area (Å²) in [5.41, 5.74) is -0.518. The van der Waals surface area contributed by atoms with Crippen molar-refractivity contribution in [2.24, 2.45) is 0 Å². The van der Waals surface area contributed by atoms with Gasteiger partial charge in [0.25, 0.3) is 11.6 Å². The molecule has 0 aliphatic heterocycles. The van der Waals surface area contributed by atoms with E-state index in [1.54, 1.807) is 23.9 Å². The maximum Gasteiger partial charge on any atom is 0.285 e. The number of nitrogens with one attached hydrogen (secondary N) is 1. The van der Waals surface area contributed by atoms with Crippen LogP contribution in [0.5, 0.6) is 0 Å². The normalized spacial score (nSPS) is 10.4. The molecular weight excluding hydrogens is 326 g/mol. The van der Waals surface area contributed by atoms with E-state index in [-0.39, 0.29) is 6.54 Å². The summed E-state index contributed by atoms with van der Waals surface area (Å²) in [6.07, 6.45) is 1.93. The summed E-state index contributed by atoms with van der Waals surface area (Å²) in [6.45, 7) is 0.115. The number of rotatable bonds is 5. The van der Waals surface area contributed by atoms with E-state index in [0.29, 0.717) is 12.1 Å². The second-order valence-electron chi connectivity index (χ2n) is 4.57. The van der Waals surface area contributed by atoms with Gasteiger partial charge in [-0.2, -0.15) is 0 Å². The summed E-state index contributed by atoms with van der Waals surface area (Å²) in [5, 5.41) is 13.3. The molecule has 0 bridgehead atoms. The molecule has 2 aromatic carbocycles. The van der Waals surface area contributed by atoms with Crippen LogP contribution in [0.25, 0.3) is 0 Å². The molecule has 0 aliphatic rings. The molecule has 0 heterocycles. The summed E-state index contributed by atoms with van der Waals surface area (Å²) < 4.78 is 26.3. The second kappa shape index (κ2) is 7.19. The molecule has 0 aliphatic carbocycles. The number of halogens is 2. The number of carbonyl (C=O) groups excluding carboxylic acids is 1. The SMILES string of the molecule is CSc1ccc(CNC(=O)c2cc(F)c(F)cc2[N+](=O)[O-])cc1. The zero-order chi connectivity index (χ0) is 17.0. The van der Waals surface area contributed by atoms with E-state index in [9.17, 15) is 23.7 Å². The number of amides is 1. The molecule has 2 aromatic rings. The van der Waals surface area contributed by atoms with Crippen LogP contribution in [-0.2, 0) is 6.54 Å². The third kappa shape index (κ3) is 4.04. The van der Waals surface area contributed by atoms with Crippen molar-refractivity contribution in [1.29, 1.82) is 0 Å². The molecule has 0 spiro atoms. The Hall–Kier alpha value is -2.48. The lowest BCUT2D eigenvalue weighted by atomic mass is 10.1. The first kappa shape index (κ1) is 16.9. The van der Waals surface area contributed by atoms with Gasteiger partial charge in [0, 0.05) is 11.4 Å². The molecule has 0 fully saturated rings. The van der Waals surface area contributed by atoms with E-state index in [0.717, 1.165) is 10.5 Å². The van der Waals surface area contributed by atoms with Gasteiger partial charge in [0.15, 0.2) is 11.6 Å². The van der Waals surface area contributed by atoms with Crippen LogP contribution in [0.2, 0.25) is 0 Å². The zero-order valence-electron chi connectivity index (χ0n) is 12.0. The van der Waals surface area contributed by atoms with Crippen molar-refractivity contribution in [3.63, 3.8) is 0 Å². The van der Waals surface area contributed by atoms with Crippen LogP contribution < -0.4 is 5.32 Å². The number of thioether (sulfide) groups is 1. The van der Waals surface area contributed by atoms with Crippen molar-refractivity contribution in [3.05, 3.63) is 69.3 Å². The maximum absolute atomic E-state index is 13.2. The van der Waals surface area contributed by atoms with Crippen LogP contribution >= 0.6 is 11.8 Å². The first-order valence-electron chi connectivity index (χ1n) is 6.47. The molecule has 120 valence electrons. The molecule has 0 radical (unpaired) electrons. The third-order valence-corrected chi connectivity index (χ3v) is 3.84. The van der Waals surface area contributed by atoms with Crippen LogP contribution in [0.4, 0.5) is 14.5 Å². The zero-order valence-corrected chi connectivity index (χ0v) is 12.8. The van der Waals surface area contributed by atoms with E-state index in [2.05, 4.69) is 5.32 Å². The van der Waals surface area contributed by atoms with Crippen molar-refractivity contribution in [3.8, 4) is 0 Å². The fourth-order valence-electron chi connectivity index (χ4n) is 1.89. The van der Waals surface area contributed by atoms with Crippen molar-refractivity contribution in [2.75, 3.05) is 6.26 Å². The van der Waals surface area contributed by atoms with Gasteiger partial charge in [0.1, 0.15) is 5.56 Å². The lowest BCUT2D eigenvalue weighted by molar-refractivity contribution is -0.385. The largest absolute Gasteiger partial charge is 0.348 e. The topological polar surface area (TPSA) is 72.2 Å². The Kier molecular flexibility index (Phi) is 5.28. The van der Waals surface area contributed by atoms with Crippen LogP contribution in [0.1, 0.15) is 15.9 Å². The Balaban J connectivity index is 2.16. The monoisotopic (exact) mass is 338 g/mol. The minimum atomic E-state index is -1.37. The number of nitrogens with zero attached hydrogens (tertiary/aromatic N) is 1. The van der Waals surface area contributed by atoms with Crippen molar-refractivity contribution in [2.45, 2.75) is 11.4 Å². The minimum absolute atomic E-state index is 0.115. The Morgan fingerprint density at radius 3 is 2.39 bits per heavy atom. The summed E-state index contributed by atoms with van der Waals surface area (Å²) in [6, 6.07) is 8.26. The molecule has 0 saturated heterocycles. The van der Waals surface area contributed by atoms with Crippen LogP contribution in [-0.4, -0.2) is 17.1 Å². The van der Waals surface area contributed by atoms with Gasteiger partial charge in [-0.3, -0.25) is 14.9 Å². The van der Waals surface area contributed by atoms with Gasteiger partial charge in [0.05, 0.1) is 11.0 Å². The average molecular weight is 338 g/mol. The quantitative estimate of drug-likeness (QED) is 0.514. The molecule has 8 heteroatoms. The average Bonchev–Trinajstić information content (AvgIpc) is 2.55. The molecular formula is C15H12F2N2O3S. The molecule has 5 nitrogen and oxygen atoms in total. The molecule has 0 aromatic heterocycles. The van der Waals surface area contributed by atoms with Gasteiger partial charge >= 0.3 is 0 Å². The van der Waals surface area contributed by atoms with Crippen molar-refractivity contribution in [1.82, 2.24) is 5.32 Å². The number of hydrogen-bond acceptors (Lipinski definition) is 4. The molecule has 1 amide bonds. The number of hydrogen-bond donors (Lipinski definition) is 1. The Morgan fingerprint density at radius 1 is 1.22 bits per heavy atom. The minimum Gasteiger partial charge on any atom is -0.348 e. The third-order valence-electron chi connectivity index (χ3n) is 3.09. The van der Waals surface area contributed by atoms with Gasteiger partial charge in [-0.15, -0.1) is 11.8 Å². The van der Waals surface area contributed by atoms with Gasteiger partial charge in [-0.05, 0) is 30.0 Å². The first-order valence-corrected chi connectivity index (χ1v) is 7.69. The van der Waals surface area contributed by atoms with Crippen LogP contribution in [0, 0.1) is 21.7 Å². The molecule has 23 heavy (non-hydrogen) atoms. The highest BCUT2D eigenvalue weighted by Crippen LogP contribution is 2.22. The maximum atomic E-state index is 13.2. The highest BCUT2D eigenvalue weighted by molar-refractivity contribution is 7.98. The highest BCUT2D eigenvalue weighted by atomic mass is 32.2. The Bertz CT molecular complexity index is 751. The number of benzene rings is 2. The van der Waals surface area contributed by atoms with Gasteiger partial charge < -0.3 is 5.32 Å². The summed E-state index contributed by atoms with van der Waals surface area (Å²) in [7, 11) is 0. The fourth-order valence-corrected chi connectivity index (χ4v) is 2.30. The molecule has 1 N–H and O–H groups in total. The number of nitro groups is 1. The Morgan fingerprint density at radius 2 is 1.83 bits per heavy atom. The van der Waals surface area contributed by atoms with E-state index < -0.39 is 33.7 Å².